The lowest BCUT2D eigenvalue weighted by atomic mass is 10.1. The number of β-amino-alcohol motifs (C(OH)–C–C–N with tert-alkyl or cyclic N) is 1. The molecule has 1 unspecified atom stereocenters. The molecule has 4 aromatic heterocycles. The lowest BCUT2D eigenvalue weighted by Gasteiger charge is -2.30. The van der Waals surface area contributed by atoms with Crippen LogP contribution >= 0.6 is 34.0 Å². The van der Waals surface area contributed by atoms with Crippen LogP contribution in [0.3, 0.4) is 0 Å². The van der Waals surface area contributed by atoms with Crippen molar-refractivity contribution in [1.82, 2.24) is 29.5 Å². The summed E-state index contributed by atoms with van der Waals surface area (Å²) >= 11 is 4.72. The molecule has 224 valence electrons. The molecule has 44 heavy (non-hydrogen) atoms. The average molecular weight is 645 g/mol. The standard InChI is InChI=1S/C31H28N6O4S3/c1-40-22-11-23-26(43-29(33-23)24-14-37-31(34-24)44-28(35-37)18-4-5-18)25(12-22)41-15-20-16-42-27(32-20)17-6-8-19(9-7-17)30(39)36-10-2-3-21(38)13-36/h6-9,11-12,14,16,18,21,38H,2-5,10,13,15H2,1H3. The highest BCUT2D eigenvalue weighted by Crippen LogP contribution is 2.43. The minimum atomic E-state index is -0.444. The highest BCUT2D eigenvalue weighted by molar-refractivity contribution is 7.22. The van der Waals surface area contributed by atoms with Crippen LogP contribution in [0.15, 0.2) is 48.0 Å². The highest BCUT2D eigenvalue weighted by Gasteiger charge is 2.28. The number of piperidine rings is 1. The van der Waals surface area contributed by atoms with Gasteiger partial charge in [-0.2, -0.15) is 5.10 Å². The van der Waals surface area contributed by atoms with Crippen molar-refractivity contribution in [2.24, 2.45) is 0 Å². The number of hydrogen-bond acceptors (Lipinski definition) is 11. The van der Waals surface area contributed by atoms with Gasteiger partial charge in [-0.3, -0.25) is 4.79 Å². The van der Waals surface area contributed by atoms with Crippen LogP contribution in [0.2, 0.25) is 0 Å². The zero-order valence-electron chi connectivity index (χ0n) is 23.8. The number of thiazole rings is 2. The molecule has 10 nitrogen and oxygen atoms in total. The highest BCUT2D eigenvalue weighted by atomic mass is 32.1. The second-order valence-corrected chi connectivity index (χ2v) is 14.0. The Morgan fingerprint density at radius 3 is 2.70 bits per heavy atom. The van der Waals surface area contributed by atoms with Gasteiger partial charge in [-0.1, -0.05) is 23.5 Å². The lowest BCUT2D eigenvalue weighted by molar-refractivity contribution is 0.0474. The molecule has 1 saturated carbocycles. The van der Waals surface area contributed by atoms with E-state index in [0.717, 1.165) is 60.0 Å². The van der Waals surface area contributed by atoms with Gasteiger partial charge < -0.3 is 19.5 Å². The molecule has 5 heterocycles. The zero-order chi connectivity index (χ0) is 29.8. The van der Waals surface area contributed by atoms with E-state index in [-0.39, 0.29) is 12.5 Å². The Bertz CT molecular complexity index is 1960. The van der Waals surface area contributed by atoms with Crippen molar-refractivity contribution in [3.63, 3.8) is 0 Å². The van der Waals surface area contributed by atoms with Crippen molar-refractivity contribution in [2.45, 2.75) is 44.3 Å². The number of rotatable bonds is 8. The van der Waals surface area contributed by atoms with E-state index in [9.17, 15) is 9.90 Å². The third kappa shape index (κ3) is 5.34. The Morgan fingerprint density at radius 2 is 1.93 bits per heavy atom. The predicted octanol–water partition coefficient (Wildman–Crippen LogP) is 6.25. The molecule has 8 rings (SSSR count). The number of aliphatic hydroxyl groups excluding tert-OH is 1. The summed E-state index contributed by atoms with van der Waals surface area (Å²) in [7, 11) is 1.63. The summed E-state index contributed by atoms with van der Waals surface area (Å²) in [6.45, 7) is 1.35. The summed E-state index contributed by atoms with van der Waals surface area (Å²) in [6.07, 6.45) is 5.51. The molecule has 2 aromatic carbocycles. The molecule has 0 radical (unpaired) electrons. The number of ether oxygens (including phenoxy) is 2. The van der Waals surface area contributed by atoms with Gasteiger partial charge in [0.05, 0.1) is 35.3 Å². The fourth-order valence-corrected chi connectivity index (χ4v) is 8.19. The second-order valence-electron chi connectivity index (χ2n) is 11.1. The summed E-state index contributed by atoms with van der Waals surface area (Å²) in [5, 5.41) is 19.4. The van der Waals surface area contributed by atoms with Crippen LogP contribution in [0.1, 0.15) is 52.7 Å². The van der Waals surface area contributed by atoms with Crippen molar-refractivity contribution in [3.8, 4) is 32.8 Å². The van der Waals surface area contributed by atoms with E-state index < -0.39 is 6.10 Å². The van der Waals surface area contributed by atoms with Gasteiger partial charge in [0, 0.05) is 47.6 Å². The first-order valence-electron chi connectivity index (χ1n) is 14.5. The lowest BCUT2D eigenvalue weighted by Crippen LogP contribution is -2.42. The molecule has 2 fully saturated rings. The number of carbonyl (C=O) groups is 1. The number of aliphatic hydroxyl groups is 1. The Labute approximate surface area is 264 Å². The molecular weight excluding hydrogens is 617 g/mol. The van der Waals surface area contributed by atoms with Gasteiger partial charge in [0.2, 0.25) is 4.96 Å². The molecule has 1 amide bonds. The molecule has 2 aliphatic rings. The number of benzene rings is 2. The van der Waals surface area contributed by atoms with E-state index in [0.29, 0.717) is 36.1 Å². The van der Waals surface area contributed by atoms with Crippen molar-refractivity contribution in [1.29, 1.82) is 0 Å². The second kappa shape index (κ2) is 11.2. The van der Waals surface area contributed by atoms with Gasteiger partial charge in [-0.15, -0.1) is 22.7 Å². The van der Waals surface area contributed by atoms with Crippen LogP contribution in [0.5, 0.6) is 11.5 Å². The molecule has 1 atom stereocenters. The zero-order valence-corrected chi connectivity index (χ0v) is 26.3. The largest absolute Gasteiger partial charge is 0.497 e. The van der Waals surface area contributed by atoms with Crippen LogP contribution in [0, 0.1) is 0 Å². The van der Waals surface area contributed by atoms with Crippen molar-refractivity contribution >= 4 is 55.1 Å². The van der Waals surface area contributed by atoms with Crippen LogP contribution in [0.25, 0.3) is 36.5 Å². The van der Waals surface area contributed by atoms with Crippen molar-refractivity contribution < 1.29 is 19.4 Å². The van der Waals surface area contributed by atoms with Crippen molar-refractivity contribution in [3.05, 3.63) is 64.2 Å². The first-order valence-corrected chi connectivity index (χ1v) is 17.0. The minimum Gasteiger partial charge on any atom is -0.497 e. The number of likely N-dealkylation sites (tertiary alicyclic amines) is 1. The van der Waals surface area contributed by atoms with E-state index in [2.05, 4.69) is 0 Å². The SMILES string of the molecule is COc1cc(OCc2csc(-c3ccc(C(=O)N4CCCC(O)C4)cc3)n2)c2sc(-c3cn4nc(C5CC5)sc4n3)nc2c1. The molecule has 6 aromatic rings. The predicted molar refractivity (Wildman–Crippen MR) is 171 cm³/mol. The molecule has 1 N–H and O–H groups in total. The number of hydrogen-bond donors (Lipinski definition) is 1. The first kappa shape index (κ1) is 27.6. The first-order chi connectivity index (χ1) is 21.5. The monoisotopic (exact) mass is 644 g/mol. The molecule has 0 spiro atoms. The van der Waals surface area contributed by atoms with E-state index in [1.807, 2.05) is 52.5 Å². The number of amides is 1. The van der Waals surface area contributed by atoms with Gasteiger partial charge in [0.15, 0.2) is 0 Å². The topological polar surface area (TPSA) is 115 Å². The average Bonchev–Trinajstić information content (AvgIpc) is 3.36. The Morgan fingerprint density at radius 1 is 1.07 bits per heavy atom. The maximum atomic E-state index is 12.9. The third-order valence-electron chi connectivity index (χ3n) is 7.86. The molecule has 1 saturated heterocycles. The number of carbonyl (C=O) groups excluding carboxylic acids is 1. The number of nitrogens with zero attached hydrogens (tertiary/aromatic N) is 6. The summed E-state index contributed by atoms with van der Waals surface area (Å²) in [5.74, 6) is 1.90. The van der Waals surface area contributed by atoms with Gasteiger partial charge in [0.25, 0.3) is 5.91 Å². The van der Waals surface area contributed by atoms with Crippen LogP contribution < -0.4 is 9.47 Å². The van der Waals surface area contributed by atoms with Gasteiger partial charge >= 0.3 is 0 Å². The van der Waals surface area contributed by atoms with Crippen LogP contribution in [-0.2, 0) is 6.61 Å². The molecule has 13 heteroatoms. The normalized spacial score (nSPS) is 17.0. The molecule has 1 aliphatic heterocycles. The fourth-order valence-electron chi connectivity index (χ4n) is 5.36. The van der Waals surface area contributed by atoms with E-state index in [4.69, 9.17) is 29.5 Å². The summed E-state index contributed by atoms with van der Waals surface area (Å²) in [6, 6.07) is 11.3. The third-order valence-corrected chi connectivity index (χ3v) is 11.0. The van der Waals surface area contributed by atoms with E-state index >= 15 is 0 Å². The summed E-state index contributed by atoms with van der Waals surface area (Å²) in [5.41, 5.74) is 3.94. The fraction of sp³-hybridized carbons (Fsp3) is 0.323. The minimum absolute atomic E-state index is 0.0496. The van der Waals surface area contributed by atoms with Crippen LogP contribution in [-0.4, -0.2) is 66.8 Å². The summed E-state index contributed by atoms with van der Waals surface area (Å²) in [4.78, 5) is 29.9. The number of aromatic nitrogens is 5. The Kier molecular flexibility index (Phi) is 7.05. The number of fused-ring (bicyclic) bond motifs is 2. The summed E-state index contributed by atoms with van der Waals surface area (Å²) < 4.78 is 14.6. The Hall–Kier alpha value is -3.91. The van der Waals surface area contributed by atoms with Crippen molar-refractivity contribution in [2.75, 3.05) is 20.2 Å². The number of imidazole rings is 1. The van der Waals surface area contributed by atoms with Gasteiger partial charge in [0.1, 0.15) is 38.8 Å². The maximum absolute atomic E-state index is 12.9. The van der Waals surface area contributed by atoms with E-state index in [1.165, 1.54) is 35.5 Å². The van der Waals surface area contributed by atoms with Gasteiger partial charge in [-0.05, 0) is 37.8 Å². The van der Waals surface area contributed by atoms with E-state index in [1.54, 1.807) is 23.3 Å². The quantitative estimate of drug-likeness (QED) is 0.207. The number of methoxy groups -OCH3 is 1. The maximum Gasteiger partial charge on any atom is 0.253 e. The molecule has 0 bridgehead atoms. The Balaban J connectivity index is 0.985. The van der Waals surface area contributed by atoms with Crippen LogP contribution in [0.4, 0.5) is 0 Å². The van der Waals surface area contributed by atoms with Gasteiger partial charge in [-0.25, -0.2) is 19.5 Å². The molecular formula is C31H28N6O4S3. The molecule has 1 aliphatic carbocycles. The smallest absolute Gasteiger partial charge is 0.253 e.